The number of ether oxygens (including phenoxy) is 1. The van der Waals surface area contributed by atoms with Crippen LogP contribution in [0.2, 0.25) is 5.02 Å². The number of rotatable bonds is 7. The van der Waals surface area contributed by atoms with Gasteiger partial charge < -0.3 is 15.0 Å². The molecule has 0 radical (unpaired) electrons. The van der Waals surface area contributed by atoms with Crippen molar-refractivity contribution >= 4 is 29.5 Å². The van der Waals surface area contributed by atoms with Crippen molar-refractivity contribution in [1.29, 1.82) is 0 Å². The van der Waals surface area contributed by atoms with Crippen LogP contribution in [0, 0.1) is 0 Å². The molecule has 0 saturated heterocycles. The van der Waals surface area contributed by atoms with Crippen LogP contribution in [0.15, 0.2) is 54.2 Å². The number of carbonyl (C=O) groups excluding carboxylic acids is 2. The zero-order chi connectivity index (χ0) is 19.8. The van der Waals surface area contributed by atoms with Crippen LogP contribution >= 0.6 is 11.6 Å². The molecule has 0 aliphatic rings. The minimum Gasteiger partial charge on any atom is -0.497 e. The quantitative estimate of drug-likeness (QED) is 0.732. The molecule has 5 nitrogen and oxygen atoms in total. The van der Waals surface area contributed by atoms with Crippen molar-refractivity contribution in [2.24, 2.45) is 0 Å². The Balaban J connectivity index is 2.36. The highest BCUT2D eigenvalue weighted by Gasteiger charge is 2.20. The van der Waals surface area contributed by atoms with Crippen molar-refractivity contribution in [2.45, 2.75) is 13.8 Å². The Morgan fingerprint density at radius 3 is 2.26 bits per heavy atom. The van der Waals surface area contributed by atoms with E-state index in [9.17, 15) is 9.59 Å². The maximum absolute atomic E-state index is 12.9. The summed E-state index contributed by atoms with van der Waals surface area (Å²) in [7, 11) is 1.59. The molecule has 0 aliphatic carbocycles. The smallest absolute Gasteiger partial charge is 0.270 e. The molecule has 2 amide bonds. The Morgan fingerprint density at radius 1 is 1.07 bits per heavy atom. The molecule has 0 heterocycles. The summed E-state index contributed by atoms with van der Waals surface area (Å²) in [5.74, 6) is 0.0287. The second-order valence-corrected chi connectivity index (χ2v) is 6.15. The lowest BCUT2D eigenvalue weighted by molar-refractivity contribution is -0.127. The van der Waals surface area contributed by atoms with Gasteiger partial charge in [-0.3, -0.25) is 9.59 Å². The third-order valence-electron chi connectivity index (χ3n) is 4.07. The minimum atomic E-state index is -0.430. The fraction of sp³-hybridized carbons (Fsp3) is 0.238. The molecule has 0 atom stereocenters. The number of hydrogen-bond donors (Lipinski definition) is 1. The van der Waals surface area contributed by atoms with E-state index in [1.165, 1.54) is 0 Å². The molecule has 2 rings (SSSR count). The summed E-state index contributed by atoms with van der Waals surface area (Å²) < 4.78 is 5.15. The summed E-state index contributed by atoms with van der Waals surface area (Å²) in [6, 6.07) is 13.9. The van der Waals surface area contributed by atoms with Gasteiger partial charge in [-0.15, -0.1) is 0 Å². The summed E-state index contributed by atoms with van der Waals surface area (Å²) in [6.45, 7) is 4.86. The molecular weight excluding hydrogens is 364 g/mol. The molecule has 142 valence electrons. The average molecular weight is 387 g/mol. The summed E-state index contributed by atoms with van der Waals surface area (Å²) in [5.41, 5.74) is 1.27. The largest absolute Gasteiger partial charge is 0.497 e. The van der Waals surface area contributed by atoms with Crippen LogP contribution in [-0.2, 0) is 4.79 Å². The van der Waals surface area contributed by atoms with Gasteiger partial charge in [0, 0.05) is 13.1 Å². The number of halogens is 1. The zero-order valence-corrected chi connectivity index (χ0v) is 16.4. The molecule has 0 aliphatic heterocycles. The SMILES string of the molecule is CCN(CC)C(=O)C(=Cc1ccc(OC)cc1)NC(=O)c1ccccc1Cl. The van der Waals surface area contributed by atoms with Gasteiger partial charge in [-0.25, -0.2) is 0 Å². The predicted octanol–water partition coefficient (Wildman–Crippen LogP) is 3.99. The monoisotopic (exact) mass is 386 g/mol. The van der Waals surface area contributed by atoms with Crippen LogP contribution in [0.25, 0.3) is 6.08 Å². The minimum absolute atomic E-state index is 0.189. The van der Waals surface area contributed by atoms with Gasteiger partial charge in [0.05, 0.1) is 17.7 Å². The first-order valence-electron chi connectivity index (χ1n) is 8.71. The summed E-state index contributed by atoms with van der Waals surface area (Å²) in [6.07, 6.45) is 1.65. The lowest BCUT2D eigenvalue weighted by atomic mass is 10.1. The summed E-state index contributed by atoms with van der Waals surface area (Å²) in [5, 5.41) is 3.04. The average Bonchev–Trinajstić information content (AvgIpc) is 2.69. The maximum atomic E-state index is 12.9. The van der Waals surface area contributed by atoms with Gasteiger partial charge in [0.15, 0.2) is 0 Å². The van der Waals surface area contributed by atoms with Crippen molar-refractivity contribution < 1.29 is 14.3 Å². The molecule has 0 aromatic heterocycles. The van der Waals surface area contributed by atoms with E-state index in [0.29, 0.717) is 29.4 Å². The van der Waals surface area contributed by atoms with Crippen LogP contribution in [0.5, 0.6) is 5.75 Å². The first-order chi connectivity index (χ1) is 13.0. The second-order valence-electron chi connectivity index (χ2n) is 5.74. The molecule has 2 aromatic carbocycles. The number of methoxy groups -OCH3 is 1. The van der Waals surface area contributed by atoms with Gasteiger partial charge in [-0.1, -0.05) is 35.9 Å². The topological polar surface area (TPSA) is 58.6 Å². The Morgan fingerprint density at radius 2 is 1.70 bits per heavy atom. The third-order valence-corrected chi connectivity index (χ3v) is 4.40. The molecule has 1 N–H and O–H groups in total. The lowest BCUT2D eigenvalue weighted by Gasteiger charge is -2.21. The summed E-state index contributed by atoms with van der Waals surface area (Å²) >= 11 is 6.10. The van der Waals surface area contributed by atoms with Gasteiger partial charge in [-0.2, -0.15) is 0 Å². The van der Waals surface area contributed by atoms with Crippen molar-refractivity contribution in [3.05, 3.63) is 70.4 Å². The van der Waals surface area contributed by atoms with E-state index in [4.69, 9.17) is 16.3 Å². The molecule has 0 spiro atoms. The van der Waals surface area contributed by atoms with E-state index in [1.807, 2.05) is 26.0 Å². The highest BCUT2D eigenvalue weighted by molar-refractivity contribution is 6.34. The second kappa shape index (κ2) is 9.78. The fourth-order valence-corrected chi connectivity index (χ4v) is 2.76. The van der Waals surface area contributed by atoms with E-state index >= 15 is 0 Å². The number of benzene rings is 2. The fourth-order valence-electron chi connectivity index (χ4n) is 2.53. The zero-order valence-electron chi connectivity index (χ0n) is 15.7. The Hall–Kier alpha value is -2.79. The van der Waals surface area contributed by atoms with Crippen LogP contribution in [0.4, 0.5) is 0 Å². The van der Waals surface area contributed by atoms with Gasteiger partial charge >= 0.3 is 0 Å². The normalized spacial score (nSPS) is 11.0. The van der Waals surface area contributed by atoms with Crippen molar-refractivity contribution in [3.8, 4) is 5.75 Å². The predicted molar refractivity (Wildman–Crippen MR) is 108 cm³/mol. The van der Waals surface area contributed by atoms with Crippen molar-refractivity contribution in [1.82, 2.24) is 10.2 Å². The van der Waals surface area contributed by atoms with Crippen LogP contribution in [0.1, 0.15) is 29.8 Å². The molecule has 2 aromatic rings. The number of nitrogens with one attached hydrogen (secondary N) is 1. The number of amides is 2. The number of carbonyl (C=O) groups is 2. The van der Waals surface area contributed by atoms with Crippen molar-refractivity contribution in [3.63, 3.8) is 0 Å². The first kappa shape index (κ1) is 20.5. The Kier molecular flexibility index (Phi) is 7.44. The Labute approximate surface area is 164 Å². The highest BCUT2D eigenvalue weighted by atomic mass is 35.5. The van der Waals surface area contributed by atoms with Crippen LogP contribution < -0.4 is 10.1 Å². The maximum Gasteiger partial charge on any atom is 0.270 e. The molecule has 0 unspecified atom stereocenters. The number of hydrogen-bond acceptors (Lipinski definition) is 3. The van der Waals surface area contributed by atoms with E-state index in [1.54, 1.807) is 54.5 Å². The molecule has 0 bridgehead atoms. The highest BCUT2D eigenvalue weighted by Crippen LogP contribution is 2.17. The number of nitrogens with zero attached hydrogens (tertiary/aromatic N) is 1. The molecular formula is C21H23ClN2O3. The van der Waals surface area contributed by atoms with E-state index in [0.717, 1.165) is 5.56 Å². The van der Waals surface area contributed by atoms with Gasteiger partial charge in [0.1, 0.15) is 11.4 Å². The molecule has 27 heavy (non-hydrogen) atoms. The third kappa shape index (κ3) is 5.34. The summed E-state index contributed by atoms with van der Waals surface area (Å²) in [4.78, 5) is 27.2. The van der Waals surface area contributed by atoms with Crippen molar-refractivity contribution in [2.75, 3.05) is 20.2 Å². The van der Waals surface area contributed by atoms with Gasteiger partial charge in [-0.05, 0) is 49.8 Å². The van der Waals surface area contributed by atoms with E-state index < -0.39 is 5.91 Å². The van der Waals surface area contributed by atoms with Crippen LogP contribution in [0.3, 0.4) is 0 Å². The van der Waals surface area contributed by atoms with E-state index in [2.05, 4.69) is 5.32 Å². The Bertz CT molecular complexity index is 828. The molecule has 6 heteroatoms. The van der Waals surface area contributed by atoms with Gasteiger partial charge in [0.25, 0.3) is 11.8 Å². The standard InChI is InChI=1S/C21H23ClN2O3/c1-4-24(5-2)21(26)19(14-15-10-12-16(27-3)13-11-15)23-20(25)17-8-6-7-9-18(17)22/h6-14H,4-5H2,1-3H3,(H,23,25). The van der Waals surface area contributed by atoms with Gasteiger partial charge in [0.2, 0.25) is 0 Å². The molecule has 0 fully saturated rings. The number of likely N-dealkylation sites (N-methyl/N-ethyl adjacent to an activating group) is 1. The van der Waals surface area contributed by atoms with Crippen LogP contribution in [-0.4, -0.2) is 36.9 Å². The molecule has 0 saturated carbocycles. The van der Waals surface area contributed by atoms with E-state index in [-0.39, 0.29) is 11.6 Å². The lowest BCUT2D eigenvalue weighted by Crippen LogP contribution is -2.38. The first-order valence-corrected chi connectivity index (χ1v) is 9.08.